The molecule has 3 aromatic carbocycles. The maximum atomic E-state index is 14.3. The monoisotopic (exact) mass is 445 g/mol. The standard InChI is InChI=1S/C27H24FNO4/c1-17-9-7-8-12-21(17)32-25-24(27(25,2)3)26(30)33-23(16-29)18-13-14-20(28)22(15-18)31-19-10-5-4-6-11-19/h4-15,23-25H,1-3H3. The van der Waals surface area contributed by atoms with Crippen LogP contribution in [0.1, 0.15) is 31.1 Å². The minimum absolute atomic E-state index is 0.0532. The minimum atomic E-state index is -1.20. The molecule has 1 aliphatic rings. The lowest BCUT2D eigenvalue weighted by Gasteiger charge is -2.14. The molecular weight excluding hydrogens is 421 g/mol. The molecule has 33 heavy (non-hydrogen) atoms. The number of carbonyl (C=O) groups is 1. The van der Waals surface area contributed by atoms with Crippen molar-refractivity contribution in [2.24, 2.45) is 11.3 Å². The fourth-order valence-electron chi connectivity index (χ4n) is 3.80. The fourth-order valence-corrected chi connectivity index (χ4v) is 3.80. The molecule has 6 heteroatoms. The lowest BCUT2D eigenvalue weighted by atomic mass is 10.1. The van der Waals surface area contributed by atoms with E-state index >= 15 is 0 Å². The molecule has 0 spiro atoms. The molecule has 168 valence electrons. The molecular formula is C27H24FNO4. The van der Waals surface area contributed by atoms with Crippen LogP contribution in [0.15, 0.2) is 72.8 Å². The van der Waals surface area contributed by atoms with Gasteiger partial charge in [-0.2, -0.15) is 5.26 Å². The van der Waals surface area contributed by atoms with Gasteiger partial charge in [0, 0.05) is 11.0 Å². The molecule has 0 bridgehead atoms. The van der Waals surface area contributed by atoms with Crippen LogP contribution >= 0.6 is 0 Å². The Balaban J connectivity index is 1.48. The lowest BCUT2D eigenvalue weighted by molar-refractivity contribution is -0.149. The quantitative estimate of drug-likeness (QED) is 0.409. The van der Waals surface area contributed by atoms with E-state index in [0.29, 0.717) is 17.1 Å². The van der Waals surface area contributed by atoms with Crippen molar-refractivity contribution < 1.29 is 23.4 Å². The predicted molar refractivity (Wildman–Crippen MR) is 120 cm³/mol. The molecule has 3 unspecified atom stereocenters. The Morgan fingerprint density at radius 3 is 2.42 bits per heavy atom. The Kier molecular flexibility index (Phi) is 6.06. The Morgan fingerprint density at radius 2 is 1.73 bits per heavy atom. The number of nitriles is 1. The van der Waals surface area contributed by atoms with E-state index in [1.165, 1.54) is 18.2 Å². The summed E-state index contributed by atoms with van der Waals surface area (Å²) < 4.78 is 31.5. The van der Waals surface area contributed by atoms with Crippen LogP contribution in [0.2, 0.25) is 0 Å². The molecule has 3 atom stereocenters. The number of rotatable bonds is 7. The van der Waals surface area contributed by atoms with Crippen LogP contribution in [0.5, 0.6) is 17.2 Å². The highest BCUT2D eigenvalue weighted by Crippen LogP contribution is 2.55. The van der Waals surface area contributed by atoms with Crippen molar-refractivity contribution in [1.82, 2.24) is 0 Å². The average molecular weight is 445 g/mol. The van der Waals surface area contributed by atoms with Gasteiger partial charge in [-0.3, -0.25) is 4.79 Å². The van der Waals surface area contributed by atoms with Gasteiger partial charge in [-0.15, -0.1) is 0 Å². The fraction of sp³-hybridized carbons (Fsp3) is 0.259. The third-order valence-corrected chi connectivity index (χ3v) is 5.91. The first-order valence-electron chi connectivity index (χ1n) is 10.7. The zero-order chi connectivity index (χ0) is 23.6. The topological polar surface area (TPSA) is 68.5 Å². The summed E-state index contributed by atoms with van der Waals surface area (Å²) in [5, 5.41) is 9.66. The second kappa shape index (κ2) is 8.95. The first-order valence-corrected chi connectivity index (χ1v) is 10.7. The van der Waals surface area contributed by atoms with Gasteiger partial charge in [-0.1, -0.05) is 56.3 Å². The highest BCUT2D eigenvalue weighted by Gasteiger charge is 2.65. The van der Waals surface area contributed by atoms with Crippen LogP contribution in [-0.2, 0) is 9.53 Å². The van der Waals surface area contributed by atoms with E-state index in [2.05, 4.69) is 0 Å². The Labute approximate surface area is 192 Å². The van der Waals surface area contributed by atoms with Crippen molar-refractivity contribution in [2.75, 3.05) is 0 Å². The van der Waals surface area contributed by atoms with Crippen molar-refractivity contribution in [1.29, 1.82) is 5.26 Å². The van der Waals surface area contributed by atoms with E-state index in [4.69, 9.17) is 14.2 Å². The second-order valence-electron chi connectivity index (χ2n) is 8.65. The molecule has 0 radical (unpaired) electrons. The Hall–Kier alpha value is -3.85. The number of hydrogen-bond acceptors (Lipinski definition) is 5. The van der Waals surface area contributed by atoms with Gasteiger partial charge in [0.25, 0.3) is 0 Å². The summed E-state index contributed by atoms with van der Waals surface area (Å²) in [6.07, 6.45) is -1.57. The van der Waals surface area contributed by atoms with Gasteiger partial charge < -0.3 is 14.2 Å². The van der Waals surface area contributed by atoms with Gasteiger partial charge in [-0.05, 0) is 42.8 Å². The van der Waals surface area contributed by atoms with Gasteiger partial charge >= 0.3 is 5.97 Å². The van der Waals surface area contributed by atoms with Gasteiger partial charge in [0.05, 0.1) is 0 Å². The van der Waals surface area contributed by atoms with Crippen molar-refractivity contribution in [2.45, 2.75) is 33.0 Å². The minimum Gasteiger partial charge on any atom is -0.489 e. The summed E-state index contributed by atoms with van der Waals surface area (Å²) in [5.74, 6) is -0.518. The molecule has 0 aromatic heterocycles. The van der Waals surface area contributed by atoms with Gasteiger partial charge in [-0.25, -0.2) is 4.39 Å². The highest BCUT2D eigenvalue weighted by atomic mass is 19.1. The summed E-state index contributed by atoms with van der Waals surface area (Å²) in [6.45, 7) is 5.79. The van der Waals surface area contributed by atoms with Gasteiger partial charge in [0.1, 0.15) is 29.6 Å². The summed E-state index contributed by atoms with van der Waals surface area (Å²) in [7, 11) is 0. The molecule has 3 aromatic rings. The first kappa shape index (κ1) is 22.3. The number of aryl methyl sites for hydroxylation is 1. The number of benzene rings is 3. The average Bonchev–Trinajstić information content (AvgIpc) is 3.35. The van der Waals surface area contributed by atoms with Crippen LogP contribution in [-0.4, -0.2) is 12.1 Å². The predicted octanol–water partition coefficient (Wildman–Crippen LogP) is 6.14. The largest absolute Gasteiger partial charge is 0.489 e. The molecule has 0 aliphatic heterocycles. The molecule has 5 nitrogen and oxygen atoms in total. The first-order chi connectivity index (χ1) is 15.8. The van der Waals surface area contributed by atoms with E-state index in [1.807, 2.05) is 57.2 Å². The summed E-state index contributed by atoms with van der Waals surface area (Å²) >= 11 is 0. The normalized spacial score (nSPS) is 19.1. The number of carbonyl (C=O) groups excluding carboxylic acids is 1. The van der Waals surface area contributed by atoms with E-state index in [9.17, 15) is 14.4 Å². The lowest BCUT2D eigenvalue weighted by Crippen LogP contribution is -2.16. The molecule has 1 saturated carbocycles. The van der Waals surface area contributed by atoms with E-state index in [1.54, 1.807) is 24.3 Å². The summed E-state index contributed by atoms with van der Waals surface area (Å²) in [6, 6.07) is 22.3. The molecule has 4 rings (SSSR count). The summed E-state index contributed by atoms with van der Waals surface area (Å²) in [5.41, 5.74) is 0.858. The smallest absolute Gasteiger partial charge is 0.315 e. The number of para-hydroxylation sites is 2. The molecule has 1 fully saturated rings. The third kappa shape index (κ3) is 4.68. The molecule has 0 N–H and O–H groups in total. The van der Waals surface area contributed by atoms with Gasteiger partial charge in [0.2, 0.25) is 6.10 Å². The van der Waals surface area contributed by atoms with Crippen molar-refractivity contribution in [3.63, 3.8) is 0 Å². The highest BCUT2D eigenvalue weighted by molar-refractivity contribution is 5.79. The van der Waals surface area contributed by atoms with Crippen LogP contribution in [0, 0.1) is 35.4 Å². The van der Waals surface area contributed by atoms with Crippen LogP contribution in [0.3, 0.4) is 0 Å². The Bertz CT molecular complexity index is 1200. The van der Waals surface area contributed by atoms with E-state index in [0.717, 1.165) is 5.56 Å². The maximum Gasteiger partial charge on any atom is 0.315 e. The van der Waals surface area contributed by atoms with Crippen molar-refractivity contribution in [3.8, 4) is 23.3 Å². The second-order valence-corrected chi connectivity index (χ2v) is 8.65. The van der Waals surface area contributed by atoms with Crippen molar-refractivity contribution in [3.05, 3.63) is 89.7 Å². The van der Waals surface area contributed by atoms with Crippen molar-refractivity contribution >= 4 is 5.97 Å². The van der Waals surface area contributed by atoms with Crippen LogP contribution in [0.4, 0.5) is 4.39 Å². The number of nitrogens with zero attached hydrogens (tertiary/aromatic N) is 1. The van der Waals surface area contributed by atoms with E-state index in [-0.39, 0.29) is 11.9 Å². The molecule has 0 heterocycles. The molecule has 0 saturated heterocycles. The maximum absolute atomic E-state index is 14.3. The molecule has 1 aliphatic carbocycles. The van der Waals surface area contributed by atoms with Gasteiger partial charge in [0.15, 0.2) is 11.6 Å². The SMILES string of the molecule is Cc1ccccc1OC1C(C(=O)OC(C#N)c2ccc(F)c(Oc3ccccc3)c2)C1(C)C. The van der Waals surface area contributed by atoms with Crippen LogP contribution in [0.25, 0.3) is 0 Å². The number of halogens is 1. The number of hydrogen-bond donors (Lipinski definition) is 0. The zero-order valence-corrected chi connectivity index (χ0v) is 18.6. The van der Waals surface area contributed by atoms with Crippen LogP contribution < -0.4 is 9.47 Å². The zero-order valence-electron chi connectivity index (χ0n) is 18.6. The number of ether oxygens (including phenoxy) is 3. The summed E-state index contributed by atoms with van der Waals surface area (Å²) in [4.78, 5) is 12.9. The Morgan fingerprint density at radius 1 is 1.03 bits per heavy atom. The van der Waals surface area contributed by atoms with E-state index < -0.39 is 29.2 Å². The number of esters is 1. The molecule has 0 amide bonds. The third-order valence-electron chi connectivity index (χ3n) is 5.91.